The molecule has 1 N–H and O–H groups in total. The average Bonchev–Trinajstić information content (AvgIpc) is 3.50. The van der Waals surface area contributed by atoms with Crippen LogP contribution in [0.15, 0.2) is 42.0 Å². The summed E-state index contributed by atoms with van der Waals surface area (Å²) in [6.07, 6.45) is 3.04. The zero-order valence-electron chi connectivity index (χ0n) is 21.9. The van der Waals surface area contributed by atoms with Crippen molar-refractivity contribution in [2.24, 2.45) is 0 Å². The van der Waals surface area contributed by atoms with Crippen molar-refractivity contribution in [2.45, 2.75) is 39.2 Å². The van der Waals surface area contributed by atoms with Gasteiger partial charge in [-0.1, -0.05) is 37.2 Å². The van der Waals surface area contributed by atoms with E-state index in [1.54, 1.807) is 43.3 Å². The number of hydrogen-bond acceptors (Lipinski definition) is 10. The van der Waals surface area contributed by atoms with Crippen LogP contribution in [0, 0.1) is 6.92 Å². The van der Waals surface area contributed by atoms with E-state index in [0.29, 0.717) is 59.0 Å². The number of methoxy groups -OCH3 is 1. The van der Waals surface area contributed by atoms with Gasteiger partial charge in [0.2, 0.25) is 5.13 Å². The van der Waals surface area contributed by atoms with E-state index in [9.17, 15) is 14.7 Å². The van der Waals surface area contributed by atoms with Crippen molar-refractivity contribution < 1.29 is 33.6 Å². The lowest BCUT2D eigenvalue weighted by Crippen LogP contribution is -2.29. The van der Waals surface area contributed by atoms with E-state index in [1.807, 2.05) is 0 Å². The van der Waals surface area contributed by atoms with Crippen molar-refractivity contribution in [1.82, 2.24) is 10.2 Å². The van der Waals surface area contributed by atoms with Crippen molar-refractivity contribution in [3.05, 3.63) is 58.1 Å². The molecule has 3 aromatic rings. The number of anilines is 1. The molecular weight excluding hydrogens is 522 g/mol. The SMILES string of the molecule is CCCCCOc1ccc(C2/C(=C(\O)c3ccc4c(c3)OCCO4)C(=O)C(=O)N2c2nnc(C)s2)cc1OC. The molecule has 204 valence electrons. The number of aromatic nitrogens is 2. The predicted octanol–water partition coefficient (Wildman–Crippen LogP) is 4.82. The third-order valence-electron chi connectivity index (χ3n) is 6.49. The summed E-state index contributed by atoms with van der Waals surface area (Å²) in [6, 6.07) is 9.11. The first-order chi connectivity index (χ1) is 18.9. The molecule has 1 aromatic heterocycles. The molecule has 1 saturated heterocycles. The molecule has 0 aliphatic carbocycles. The molecule has 0 spiro atoms. The van der Waals surface area contributed by atoms with Crippen LogP contribution in [0.25, 0.3) is 5.76 Å². The Kier molecular flexibility index (Phi) is 7.69. The monoisotopic (exact) mass is 551 g/mol. The number of carbonyl (C=O) groups excluding carboxylic acids is 2. The number of unbranched alkanes of at least 4 members (excludes halogenated alkanes) is 2. The number of hydrogen-bond donors (Lipinski definition) is 1. The summed E-state index contributed by atoms with van der Waals surface area (Å²) in [6.45, 7) is 5.21. The first-order valence-electron chi connectivity index (χ1n) is 12.7. The highest BCUT2D eigenvalue weighted by atomic mass is 32.1. The molecule has 2 aliphatic heterocycles. The van der Waals surface area contributed by atoms with E-state index in [2.05, 4.69) is 17.1 Å². The van der Waals surface area contributed by atoms with Crippen LogP contribution in [0.2, 0.25) is 0 Å². The number of ether oxygens (including phenoxy) is 4. The molecule has 0 bridgehead atoms. The lowest BCUT2D eigenvalue weighted by atomic mass is 9.95. The van der Waals surface area contributed by atoms with Gasteiger partial charge in [-0.2, -0.15) is 0 Å². The van der Waals surface area contributed by atoms with E-state index >= 15 is 0 Å². The van der Waals surface area contributed by atoms with Crippen LogP contribution in [-0.4, -0.2) is 53.9 Å². The van der Waals surface area contributed by atoms with Crippen LogP contribution in [0.3, 0.4) is 0 Å². The van der Waals surface area contributed by atoms with Crippen LogP contribution in [0.4, 0.5) is 5.13 Å². The minimum absolute atomic E-state index is 0.0804. The van der Waals surface area contributed by atoms with Crippen LogP contribution >= 0.6 is 11.3 Å². The maximum absolute atomic E-state index is 13.4. The summed E-state index contributed by atoms with van der Waals surface area (Å²) in [4.78, 5) is 28.1. The van der Waals surface area contributed by atoms with Gasteiger partial charge in [0.15, 0.2) is 23.0 Å². The average molecular weight is 552 g/mol. The number of amides is 1. The van der Waals surface area contributed by atoms with Gasteiger partial charge < -0.3 is 24.1 Å². The Bertz CT molecular complexity index is 1430. The second kappa shape index (κ2) is 11.3. The predicted molar refractivity (Wildman–Crippen MR) is 145 cm³/mol. The molecule has 1 unspecified atom stereocenters. The second-order valence-corrected chi connectivity index (χ2v) is 10.3. The highest BCUT2D eigenvalue weighted by Crippen LogP contribution is 2.45. The Morgan fingerprint density at radius 1 is 1.08 bits per heavy atom. The van der Waals surface area contributed by atoms with Gasteiger partial charge in [0.05, 0.1) is 25.3 Å². The van der Waals surface area contributed by atoms with Crippen LogP contribution in [0.1, 0.15) is 48.4 Å². The first kappa shape index (κ1) is 26.5. The minimum atomic E-state index is -0.978. The molecule has 11 heteroatoms. The summed E-state index contributed by atoms with van der Waals surface area (Å²) in [5.74, 6) is 0.00172. The number of aryl methyl sites for hydroxylation is 1. The van der Waals surface area contributed by atoms with Crippen molar-refractivity contribution in [3.8, 4) is 23.0 Å². The lowest BCUT2D eigenvalue weighted by Gasteiger charge is -2.24. The Labute approximate surface area is 229 Å². The maximum atomic E-state index is 13.4. The fourth-order valence-corrected chi connectivity index (χ4v) is 5.30. The summed E-state index contributed by atoms with van der Waals surface area (Å²) in [7, 11) is 1.53. The van der Waals surface area contributed by atoms with Crippen LogP contribution in [0.5, 0.6) is 23.0 Å². The molecular formula is C28H29N3O7S. The number of aliphatic hydroxyl groups excluding tert-OH is 1. The second-order valence-electron chi connectivity index (χ2n) is 9.10. The van der Waals surface area contributed by atoms with Crippen molar-refractivity contribution in [1.29, 1.82) is 0 Å². The normalized spacial score (nSPS) is 17.9. The lowest BCUT2D eigenvalue weighted by molar-refractivity contribution is -0.132. The molecule has 10 nitrogen and oxygen atoms in total. The van der Waals surface area contributed by atoms with Gasteiger partial charge in [-0.25, -0.2) is 0 Å². The topological polar surface area (TPSA) is 120 Å². The number of Topliss-reactive ketones (excluding diaryl/α,β-unsaturated/α-hetero) is 1. The number of aliphatic hydroxyl groups is 1. The van der Waals surface area contributed by atoms with Gasteiger partial charge >= 0.3 is 5.91 Å². The third-order valence-corrected chi connectivity index (χ3v) is 7.33. The van der Waals surface area contributed by atoms with Crippen molar-refractivity contribution >= 4 is 33.9 Å². The largest absolute Gasteiger partial charge is 0.507 e. The van der Waals surface area contributed by atoms with Gasteiger partial charge in [-0.15, -0.1) is 10.2 Å². The molecule has 0 radical (unpaired) electrons. The fraction of sp³-hybridized carbons (Fsp3) is 0.357. The zero-order valence-corrected chi connectivity index (χ0v) is 22.7. The molecule has 39 heavy (non-hydrogen) atoms. The Hall–Kier alpha value is -4.12. The van der Waals surface area contributed by atoms with Crippen molar-refractivity contribution in [3.63, 3.8) is 0 Å². The summed E-state index contributed by atoms with van der Waals surface area (Å²) < 4.78 is 22.7. The van der Waals surface area contributed by atoms with Gasteiger partial charge in [-0.05, 0) is 49.2 Å². The van der Waals surface area contributed by atoms with Crippen molar-refractivity contribution in [2.75, 3.05) is 31.8 Å². The number of carbonyl (C=O) groups is 2. The molecule has 1 atom stereocenters. The van der Waals surface area contributed by atoms with E-state index in [-0.39, 0.29) is 16.5 Å². The number of benzene rings is 2. The maximum Gasteiger partial charge on any atom is 0.301 e. The molecule has 2 aliphatic rings. The standard InChI is InChI=1S/C28H29N3O7S/c1-4-5-6-11-36-19-9-7-17(14-21(19)35-3)24-23(26(33)27(34)31(24)28-30-29-16(2)39-28)25(32)18-8-10-20-22(15-18)38-13-12-37-20/h7-10,14-15,24,32H,4-6,11-13H2,1-3H3/b25-23+. The number of rotatable bonds is 9. The molecule has 1 amide bonds. The van der Waals surface area contributed by atoms with Gasteiger partial charge in [0.1, 0.15) is 24.0 Å². The Balaban J connectivity index is 1.61. The summed E-state index contributed by atoms with van der Waals surface area (Å²) >= 11 is 1.18. The van der Waals surface area contributed by atoms with Gasteiger partial charge in [0.25, 0.3) is 5.78 Å². The Morgan fingerprint density at radius 3 is 2.59 bits per heavy atom. The molecule has 5 rings (SSSR count). The van der Waals surface area contributed by atoms with E-state index in [1.165, 1.54) is 23.3 Å². The number of fused-ring (bicyclic) bond motifs is 1. The quantitative estimate of drug-likeness (QED) is 0.173. The molecule has 3 heterocycles. The smallest absolute Gasteiger partial charge is 0.301 e. The highest BCUT2D eigenvalue weighted by Gasteiger charge is 2.48. The van der Waals surface area contributed by atoms with E-state index in [4.69, 9.17) is 18.9 Å². The van der Waals surface area contributed by atoms with E-state index < -0.39 is 17.7 Å². The molecule has 2 aromatic carbocycles. The number of ketones is 1. The van der Waals surface area contributed by atoms with E-state index in [0.717, 1.165) is 19.3 Å². The third kappa shape index (κ3) is 5.14. The number of nitrogens with zero attached hydrogens (tertiary/aromatic N) is 3. The zero-order chi connectivity index (χ0) is 27.5. The van der Waals surface area contributed by atoms with Gasteiger partial charge in [0, 0.05) is 5.56 Å². The Morgan fingerprint density at radius 2 is 1.87 bits per heavy atom. The highest BCUT2D eigenvalue weighted by molar-refractivity contribution is 7.15. The minimum Gasteiger partial charge on any atom is -0.507 e. The summed E-state index contributed by atoms with van der Waals surface area (Å²) in [5.41, 5.74) is 0.778. The van der Waals surface area contributed by atoms with Crippen LogP contribution < -0.4 is 23.8 Å². The van der Waals surface area contributed by atoms with Crippen LogP contribution in [-0.2, 0) is 9.59 Å². The summed E-state index contributed by atoms with van der Waals surface area (Å²) in [5, 5.41) is 20.5. The fourth-order valence-electron chi connectivity index (χ4n) is 4.58. The molecule has 1 fully saturated rings. The van der Waals surface area contributed by atoms with Gasteiger partial charge in [-0.3, -0.25) is 14.5 Å². The molecule has 0 saturated carbocycles. The first-order valence-corrected chi connectivity index (χ1v) is 13.6.